The molecule has 0 aliphatic heterocycles. The Hall–Kier alpha value is -0.560. The zero-order valence-corrected chi connectivity index (χ0v) is 8.21. The lowest BCUT2D eigenvalue weighted by Crippen LogP contribution is -1.92. The van der Waals surface area contributed by atoms with Crippen LogP contribution in [0.4, 0.5) is 0 Å². The van der Waals surface area contributed by atoms with Crippen LogP contribution in [0.1, 0.15) is 29.4 Å². The number of allylic oxidation sites excluding steroid dienone is 2. The van der Waals surface area contributed by atoms with Crippen molar-refractivity contribution in [3.8, 4) is 0 Å². The molecule has 2 atom stereocenters. The van der Waals surface area contributed by atoms with Crippen molar-refractivity contribution in [1.82, 2.24) is 0 Å². The molecule has 0 fully saturated rings. The van der Waals surface area contributed by atoms with E-state index in [4.69, 9.17) is 0 Å². The first-order valence-electron chi connectivity index (χ1n) is 4.33. The molecule has 60 valence electrons. The maximum absolute atomic E-state index is 3.62. The van der Waals surface area contributed by atoms with Gasteiger partial charge in [-0.3, -0.25) is 0 Å². The highest BCUT2D eigenvalue weighted by molar-refractivity contribution is 9.10. The fraction of sp³-hybridized carbons (Fsp3) is 0.273. The first-order chi connectivity index (χ1) is 5.86. The molecule has 1 aromatic carbocycles. The van der Waals surface area contributed by atoms with Crippen molar-refractivity contribution in [3.63, 3.8) is 0 Å². The Morgan fingerprint density at radius 2 is 2.00 bits per heavy atom. The van der Waals surface area contributed by atoms with E-state index in [0.29, 0.717) is 11.8 Å². The molecule has 0 saturated heterocycles. The summed E-state index contributed by atoms with van der Waals surface area (Å²) in [6.07, 6.45) is 6.00. The lowest BCUT2D eigenvalue weighted by Gasteiger charge is -2.11. The molecular weight excluding hydrogens is 212 g/mol. The van der Waals surface area contributed by atoms with Gasteiger partial charge in [-0.05, 0) is 23.6 Å². The molecule has 2 unspecified atom stereocenters. The van der Waals surface area contributed by atoms with E-state index in [1.807, 2.05) is 0 Å². The van der Waals surface area contributed by atoms with Crippen LogP contribution in [0.5, 0.6) is 0 Å². The summed E-state index contributed by atoms with van der Waals surface area (Å²) in [6, 6.07) is 6.54. The van der Waals surface area contributed by atoms with Crippen molar-refractivity contribution in [2.45, 2.75) is 18.3 Å². The summed E-state index contributed by atoms with van der Waals surface area (Å²) in [4.78, 5) is 0. The molecule has 0 radical (unpaired) electrons. The monoisotopic (exact) mass is 220 g/mol. The van der Waals surface area contributed by atoms with Crippen LogP contribution in [-0.4, -0.2) is 0 Å². The molecule has 0 N–H and O–H groups in total. The highest BCUT2D eigenvalue weighted by atomic mass is 79.9. The molecule has 0 amide bonds. The Morgan fingerprint density at radius 1 is 1.17 bits per heavy atom. The van der Waals surface area contributed by atoms with Gasteiger partial charge in [0.1, 0.15) is 0 Å². The summed E-state index contributed by atoms with van der Waals surface area (Å²) >= 11 is 3.62. The number of hydrogen-bond donors (Lipinski definition) is 0. The van der Waals surface area contributed by atoms with E-state index in [1.165, 1.54) is 22.0 Å². The Balaban J connectivity index is 2.30. The molecule has 2 aliphatic rings. The second-order valence-corrected chi connectivity index (χ2v) is 4.43. The average molecular weight is 221 g/mol. The Kier molecular flexibility index (Phi) is 1.28. The average Bonchev–Trinajstić information content (AvgIpc) is 2.64. The number of halogens is 1. The fourth-order valence-electron chi connectivity index (χ4n) is 2.41. The number of fused-ring (bicyclic) bond motifs is 5. The number of rotatable bonds is 0. The first kappa shape index (κ1) is 6.90. The molecule has 0 nitrogen and oxygen atoms in total. The zero-order valence-electron chi connectivity index (χ0n) is 6.63. The molecule has 2 bridgehead atoms. The minimum atomic E-state index is 0.695. The van der Waals surface area contributed by atoms with Crippen LogP contribution in [0.25, 0.3) is 0 Å². The van der Waals surface area contributed by atoms with Gasteiger partial charge in [0.25, 0.3) is 0 Å². The molecule has 12 heavy (non-hydrogen) atoms. The third kappa shape index (κ3) is 0.726. The van der Waals surface area contributed by atoms with Gasteiger partial charge >= 0.3 is 0 Å². The van der Waals surface area contributed by atoms with Gasteiger partial charge in [0.05, 0.1) is 0 Å². The van der Waals surface area contributed by atoms with Crippen molar-refractivity contribution in [2.24, 2.45) is 0 Å². The van der Waals surface area contributed by atoms with Gasteiger partial charge in [-0.2, -0.15) is 0 Å². The third-order valence-corrected chi connectivity index (χ3v) is 3.63. The summed E-state index contributed by atoms with van der Waals surface area (Å²) in [5.41, 5.74) is 3.07. The van der Waals surface area contributed by atoms with Crippen molar-refractivity contribution < 1.29 is 0 Å². The van der Waals surface area contributed by atoms with Crippen LogP contribution in [0.15, 0.2) is 34.8 Å². The van der Waals surface area contributed by atoms with Crippen molar-refractivity contribution >= 4 is 15.9 Å². The van der Waals surface area contributed by atoms with Gasteiger partial charge < -0.3 is 0 Å². The molecule has 0 spiro atoms. The first-order valence-corrected chi connectivity index (χ1v) is 5.12. The van der Waals surface area contributed by atoms with Crippen LogP contribution in [-0.2, 0) is 0 Å². The van der Waals surface area contributed by atoms with E-state index in [1.54, 1.807) is 0 Å². The third-order valence-electron chi connectivity index (χ3n) is 2.94. The standard InChI is InChI=1S/C11H9Br/c12-10-3-1-2-9-7-4-5-8(6-7)11(9)10/h1-5,7-8H,6H2. The summed E-state index contributed by atoms with van der Waals surface area (Å²) in [6.45, 7) is 0. The SMILES string of the molecule is Brc1cccc2c1C1C=CC2C1. The normalized spacial score (nSPS) is 29.4. The zero-order chi connectivity index (χ0) is 8.13. The van der Waals surface area contributed by atoms with E-state index < -0.39 is 0 Å². The second-order valence-electron chi connectivity index (χ2n) is 3.58. The quantitative estimate of drug-likeness (QED) is 0.587. The lowest BCUT2D eigenvalue weighted by atomic mass is 9.97. The second kappa shape index (κ2) is 2.23. The largest absolute Gasteiger partial charge is 0.0803 e. The fourth-order valence-corrected chi connectivity index (χ4v) is 3.09. The van der Waals surface area contributed by atoms with Gasteiger partial charge in [-0.1, -0.05) is 40.2 Å². The minimum absolute atomic E-state index is 0.695. The highest BCUT2D eigenvalue weighted by Crippen LogP contribution is 2.50. The molecule has 2 aliphatic carbocycles. The van der Waals surface area contributed by atoms with E-state index in [9.17, 15) is 0 Å². The lowest BCUT2D eigenvalue weighted by molar-refractivity contribution is 0.803. The van der Waals surface area contributed by atoms with E-state index in [2.05, 4.69) is 46.3 Å². The predicted octanol–water partition coefficient (Wildman–Crippen LogP) is 3.59. The van der Waals surface area contributed by atoms with Gasteiger partial charge in [0.2, 0.25) is 0 Å². The molecular formula is C11H9Br. The van der Waals surface area contributed by atoms with Gasteiger partial charge in [-0.15, -0.1) is 0 Å². The Bertz CT molecular complexity index is 365. The molecule has 3 rings (SSSR count). The molecule has 0 heterocycles. The van der Waals surface area contributed by atoms with Crippen LogP contribution in [0.3, 0.4) is 0 Å². The van der Waals surface area contributed by atoms with E-state index in [0.717, 1.165) is 0 Å². The van der Waals surface area contributed by atoms with Gasteiger partial charge in [0, 0.05) is 16.3 Å². The van der Waals surface area contributed by atoms with Crippen LogP contribution in [0, 0.1) is 0 Å². The molecule has 1 aromatic rings. The highest BCUT2D eigenvalue weighted by Gasteiger charge is 2.33. The summed E-state index contributed by atoms with van der Waals surface area (Å²) < 4.78 is 1.29. The van der Waals surface area contributed by atoms with E-state index in [-0.39, 0.29) is 0 Å². The summed E-state index contributed by atoms with van der Waals surface area (Å²) in [7, 11) is 0. The molecule has 0 aromatic heterocycles. The van der Waals surface area contributed by atoms with Gasteiger partial charge in [-0.25, -0.2) is 0 Å². The summed E-state index contributed by atoms with van der Waals surface area (Å²) in [5.74, 6) is 1.41. The maximum atomic E-state index is 3.62. The molecule has 0 saturated carbocycles. The Labute approximate surface area is 80.4 Å². The van der Waals surface area contributed by atoms with Crippen LogP contribution >= 0.6 is 15.9 Å². The van der Waals surface area contributed by atoms with Crippen molar-refractivity contribution in [2.75, 3.05) is 0 Å². The van der Waals surface area contributed by atoms with Crippen molar-refractivity contribution in [1.29, 1.82) is 0 Å². The van der Waals surface area contributed by atoms with Crippen LogP contribution < -0.4 is 0 Å². The van der Waals surface area contributed by atoms with Crippen molar-refractivity contribution in [3.05, 3.63) is 46.0 Å². The van der Waals surface area contributed by atoms with Crippen LogP contribution in [0.2, 0.25) is 0 Å². The molecule has 1 heteroatoms. The van der Waals surface area contributed by atoms with E-state index >= 15 is 0 Å². The number of hydrogen-bond acceptors (Lipinski definition) is 0. The maximum Gasteiger partial charge on any atom is 0.0216 e. The Morgan fingerprint density at radius 3 is 2.83 bits per heavy atom. The topological polar surface area (TPSA) is 0 Å². The smallest absolute Gasteiger partial charge is 0.0216 e. The summed E-state index contributed by atoms with van der Waals surface area (Å²) in [5, 5.41) is 0. The minimum Gasteiger partial charge on any atom is -0.0803 e. The number of benzene rings is 1. The predicted molar refractivity (Wildman–Crippen MR) is 53.4 cm³/mol. The van der Waals surface area contributed by atoms with Gasteiger partial charge in [0.15, 0.2) is 0 Å².